The van der Waals surface area contributed by atoms with E-state index in [9.17, 15) is 4.79 Å². The summed E-state index contributed by atoms with van der Waals surface area (Å²) >= 11 is 11.0. The van der Waals surface area contributed by atoms with E-state index in [4.69, 9.17) is 11.6 Å². The minimum Gasteiger partial charge on any atom is -0.325 e. The number of hydrogen-bond donors (Lipinski definition) is 1. The van der Waals surface area contributed by atoms with E-state index < -0.39 is 0 Å². The average molecular weight is 385 g/mol. The van der Waals surface area contributed by atoms with Gasteiger partial charge in [-0.2, -0.15) is 0 Å². The Hall–Kier alpha value is -0.970. The van der Waals surface area contributed by atoms with Crippen LogP contribution in [0, 0.1) is 6.92 Å². The lowest BCUT2D eigenvalue weighted by Gasteiger charge is -2.09. The third-order valence-electron chi connectivity index (χ3n) is 2.91. The number of carbonyl (C=O) groups is 1. The van der Waals surface area contributed by atoms with Crippen LogP contribution in [-0.2, 0) is 10.5 Å². The van der Waals surface area contributed by atoms with Gasteiger partial charge in [0.05, 0.1) is 5.75 Å². The van der Waals surface area contributed by atoms with Gasteiger partial charge in [-0.3, -0.25) is 4.79 Å². The minimum absolute atomic E-state index is 0.00234. The second-order valence-corrected chi connectivity index (χ2v) is 6.87. The average Bonchev–Trinajstić information content (AvgIpc) is 2.44. The van der Waals surface area contributed by atoms with Gasteiger partial charge in [0.25, 0.3) is 0 Å². The monoisotopic (exact) mass is 383 g/mol. The van der Waals surface area contributed by atoms with Crippen molar-refractivity contribution in [3.05, 3.63) is 63.1 Å². The van der Waals surface area contributed by atoms with Gasteiger partial charge in [-0.25, -0.2) is 0 Å². The molecule has 110 valence electrons. The summed E-state index contributed by atoms with van der Waals surface area (Å²) in [5.41, 5.74) is 2.97. The molecule has 1 N–H and O–H groups in total. The number of aryl methyl sites for hydroxylation is 1. The summed E-state index contributed by atoms with van der Waals surface area (Å²) in [6.45, 7) is 1.93. The molecule has 0 fully saturated rings. The molecule has 0 bridgehead atoms. The standard InChI is InChI=1S/C16H15BrClNOS/c1-11-8-13(18)6-7-15(11)19-16(20)10-21-9-12-4-2-3-5-14(12)17/h2-8H,9-10H2,1H3,(H,19,20). The Morgan fingerprint density at radius 3 is 2.76 bits per heavy atom. The Bertz CT molecular complexity index is 648. The van der Waals surface area contributed by atoms with E-state index in [0.717, 1.165) is 21.5 Å². The summed E-state index contributed by atoms with van der Waals surface area (Å²) < 4.78 is 1.08. The number of benzene rings is 2. The van der Waals surface area contributed by atoms with Crippen LogP contribution in [0.3, 0.4) is 0 Å². The number of halogens is 2. The van der Waals surface area contributed by atoms with Gasteiger partial charge >= 0.3 is 0 Å². The quantitative estimate of drug-likeness (QED) is 0.759. The SMILES string of the molecule is Cc1cc(Cl)ccc1NC(=O)CSCc1ccccc1Br. The van der Waals surface area contributed by atoms with Gasteiger partial charge in [-0.1, -0.05) is 45.7 Å². The second kappa shape index (κ2) is 7.87. The Labute approximate surface area is 142 Å². The van der Waals surface area contributed by atoms with Crippen LogP contribution in [0.25, 0.3) is 0 Å². The van der Waals surface area contributed by atoms with Crippen LogP contribution < -0.4 is 5.32 Å². The Balaban J connectivity index is 1.84. The molecule has 0 saturated carbocycles. The fourth-order valence-electron chi connectivity index (χ4n) is 1.82. The van der Waals surface area contributed by atoms with Crippen molar-refractivity contribution in [3.8, 4) is 0 Å². The molecular formula is C16H15BrClNOS. The molecule has 0 spiro atoms. The molecule has 1 amide bonds. The van der Waals surface area contributed by atoms with E-state index in [1.165, 1.54) is 5.56 Å². The number of amides is 1. The summed E-state index contributed by atoms with van der Waals surface area (Å²) in [4.78, 5) is 11.9. The lowest BCUT2D eigenvalue weighted by atomic mass is 10.2. The van der Waals surface area contributed by atoms with E-state index in [2.05, 4.69) is 27.3 Å². The molecule has 0 heterocycles. The zero-order chi connectivity index (χ0) is 15.2. The Morgan fingerprint density at radius 1 is 1.29 bits per heavy atom. The number of carbonyl (C=O) groups excluding carboxylic acids is 1. The summed E-state index contributed by atoms with van der Waals surface area (Å²) in [5.74, 6) is 1.22. The topological polar surface area (TPSA) is 29.1 Å². The lowest BCUT2D eigenvalue weighted by Crippen LogP contribution is -2.15. The van der Waals surface area contributed by atoms with Crippen molar-refractivity contribution in [2.45, 2.75) is 12.7 Å². The summed E-state index contributed by atoms with van der Waals surface area (Å²) in [7, 11) is 0. The predicted octanol–water partition coefficient (Wildman–Crippen LogP) is 5.28. The van der Waals surface area contributed by atoms with Crippen LogP contribution in [0.2, 0.25) is 5.02 Å². The van der Waals surface area contributed by atoms with Crippen molar-refractivity contribution >= 4 is 50.9 Å². The third kappa shape index (κ3) is 5.06. The highest BCUT2D eigenvalue weighted by Gasteiger charge is 2.06. The van der Waals surface area contributed by atoms with Gasteiger partial charge in [0.2, 0.25) is 5.91 Å². The van der Waals surface area contributed by atoms with Crippen molar-refractivity contribution < 1.29 is 4.79 Å². The summed E-state index contributed by atoms with van der Waals surface area (Å²) in [6, 6.07) is 13.5. The molecule has 0 atom stereocenters. The highest BCUT2D eigenvalue weighted by molar-refractivity contribution is 9.10. The van der Waals surface area contributed by atoms with Gasteiger partial charge in [0, 0.05) is 20.9 Å². The molecule has 0 saturated heterocycles. The molecule has 2 rings (SSSR count). The molecule has 0 aliphatic heterocycles. The molecule has 2 aromatic carbocycles. The van der Waals surface area contributed by atoms with Crippen LogP contribution in [0.15, 0.2) is 46.9 Å². The molecule has 0 unspecified atom stereocenters. The van der Waals surface area contributed by atoms with Crippen LogP contribution in [0.4, 0.5) is 5.69 Å². The van der Waals surface area contributed by atoms with Crippen molar-refractivity contribution in [1.29, 1.82) is 0 Å². The third-order valence-corrected chi connectivity index (χ3v) is 4.90. The molecule has 0 aliphatic carbocycles. The van der Waals surface area contributed by atoms with Crippen LogP contribution in [-0.4, -0.2) is 11.7 Å². The fraction of sp³-hybridized carbons (Fsp3) is 0.188. The number of thioether (sulfide) groups is 1. The smallest absolute Gasteiger partial charge is 0.234 e. The number of nitrogens with one attached hydrogen (secondary N) is 1. The van der Waals surface area contributed by atoms with Gasteiger partial charge in [-0.05, 0) is 42.3 Å². The van der Waals surface area contributed by atoms with Crippen LogP contribution >= 0.6 is 39.3 Å². The maximum atomic E-state index is 11.9. The highest BCUT2D eigenvalue weighted by atomic mass is 79.9. The second-order valence-electron chi connectivity index (χ2n) is 4.59. The number of rotatable bonds is 5. The first kappa shape index (κ1) is 16.4. The molecule has 21 heavy (non-hydrogen) atoms. The summed E-state index contributed by atoms with van der Waals surface area (Å²) in [6.07, 6.45) is 0. The first-order valence-corrected chi connectivity index (χ1v) is 8.76. The van der Waals surface area contributed by atoms with E-state index in [0.29, 0.717) is 10.8 Å². The van der Waals surface area contributed by atoms with Gasteiger partial charge in [0.15, 0.2) is 0 Å². The van der Waals surface area contributed by atoms with E-state index >= 15 is 0 Å². The van der Waals surface area contributed by atoms with Crippen molar-refractivity contribution in [2.24, 2.45) is 0 Å². The number of anilines is 1. The first-order valence-electron chi connectivity index (χ1n) is 6.43. The molecule has 2 aromatic rings. The van der Waals surface area contributed by atoms with Crippen LogP contribution in [0.1, 0.15) is 11.1 Å². The van der Waals surface area contributed by atoms with Gasteiger partial charge in [-0.15, -0.1) is 11.8 Å². The zero-order valence-electron chi connectivity index (χ0n) is 11.5. The summed E-state index contributed by atoms with van der Waals surface area (Å²) in [5, 5.41) is 3.58. The normalized spacial score (nSPS) is 10.4. The van der Waals surface area contributed by atoms with Crippen molar-refractivity contribution in [2.75, 3.05) is 11.1 Å². The predicted molar refractivity (Wildman–Crippen MR) is 95.1 cm³/mol. The largest absolute Gasteiger partial charge is 0.325 e. The lowest BCUT2D eigenvalue weighted by molar-refractivity contribution is -0.113. The molecule has 2 nitrogen and oxygen atoms in total. The van der Waals surface area contributed by atoms with Gasteiger partial charge in [0.1, 0.15) is 0 Å². The first-order chi connectivity index (χ1) is 10.1. The Kier molecular flexibility index (Phi) is 6.15. The van der Waals surface area contributed by atoms with E-state index in [1.807, 2.05) is 37.3 Å². The highest BCUT2D eigenvalue weighted by Crippen LogP contribution is 2.22. The van der Waals surface area contributed by atoms with Crippen LogP contribution in [0.5, 0.6) is 0 Å². The number of hydrogen-bond acceptors (Lipinski definition) is 2. The van der Waals surface area contributed by atoms with E-state index in [1.54, 1.807) is 17.8 Å². The molecular weight excluding hydrogens is 370 g/mol. The Morgan fingerprint density at radius 2 is 2.05 bits per heavy atom. The van der Waals surface area contributed by atoms with Crippen molar-refractivity contribution in [3.63, 3.8) is 0 Å². The van der Waals surface area contributed by atoms with E-state index in [-0.39, 0.29) is 5.91 Å². The van der Waals surface area contributed by atoms with Crippen molar-refractivity contribution in [1.82, 2.24) is 0 Å². The minimum atomic E-state index is -0.00234. The fourth-order valence-corrected chi connectivity index (χ4v) is 3.49. The maximum Gasteiger partial charge on any atom is 0.234 e. The molecule has 5 heteroatoms. The molecule has 0 radical (unpaired) electrons. The molecule has 0 aromatic heterocycles. The zero-order valence-corrected chi connectivity index (χ0v) is 14.7. The maximum absolute atomic E-state index is 11.9. The van der Waals surface area contributed by atoms with Gasteiger partial charge < -0.3 is 5.32 Å². The molecule has 0 aliphatic rings.